The van der Waals surface area contributed by atoms with Gasteiger partial charge in [-0.3, -0.25) is 0 Å². The van der Waals surface area contributed by atoms with Crippen LogP contribution in [-0.2, 0) is 17.9 Å². The molecular formula is C14H23NO. The molecule has 90 valence electrons. The molecule has 16 heavy (non-hydrogen) atoms. The molecule has 0 fully saturated rings. The van der Waals surface area contributed by atoms with Crippen LogP contribution in [0.1, 0.15) is 31.4 Å². The van der Waals surface area contributed by atoms with Crippen molar-refractivity contribution in [2.24, 2.45) is 5.92 Å². The van der Waals surface area contributed by atoms with Gasteiger partial charge in [-0.15, -0.1) is 0 Å². The van der Waals surface area contributed by atoms with Crippen LogP contribution in [0.15, 0.2) is 24.3 Å². The van der Waals surface area contributed by atoms with Gasteiger partial charge in [0, 0.05) is 13.7 Å². The van der Waals surface area contributed by atoms with Crippen LogP contribution in [0.25, 0.3) is 0 Å². The zero-order chi connectivity index (χ0) is 11.8. The predicted molar refractivity (Wildman–Crippen MR) is 68.3 cm³/mol. The largest absolute Gasteiger partial charge is 0.380 e. The van der Waals surface area contributed by atoms with Crippen molar-refractivity contribution in [1.82, 2.24) is 5.32 Å². The minimum absolute atomic E-state index is 0.695. The smallest absolute Gasteiger partial charge is 0.0713 e. The molecule has 0 atom stereocenters. The Bertz CT molecular complexity index is 279. The van der Waals surface area contributed by atoms with E-state index >= 15 is 0 Å². The van der Waals surface area contributed by atoms with E-state index < -0.39 is 0 Å². The quantitative estimate of drug-likeness (QED) is 0.715. The Hall–Kier alpha value is -0.860. The van der Waals surface area contributed by atoms with Crippen LogP contribution in [-0.4, -0.2) is 13.7 Å². The van der Waals surface area contributed by atoms with Crippen molar-refractivity contribution in [2.75, 3.05) is 13.7 Å². The standard InChI is InChI=1S/C14H23NO/c1-12(2)8-9-15-10-13-4-6-14(7-5-13)11-16-3/h4-7,12,15H,8-11H2,1-3H3. The van der Waals surface area contributed by atoms with E-state index in [9.17, 15) is 0 Å². The second-order valence-corrected chi connectivity index (χ2v) is 4.61. The monoisotopic (exact) mass is 221 g/mol. The average molecular weight is 221 g/mol. The molecule has 0 heterocycles. The third-order valence-electron chi connectivity index (χ3n) is 2.56. The maximum Gasteiger partial charge on any atom is 0.0713 e. The molecule has 1 aromatic rings. The van der Waals surface area contributed by atoms with Crippen LogP contribution in [0, 0.1) is 5.92 Å². The van der Waals surface area contributed by atoms with Crippen molar-refractivity contribution in [2.45, 2.75) is 33.4 Å². The maximum atomic E-state index is 5.08. The Labute approximate surface area is 99.0 Å². The Morgan fingerprint density at radius 1 is 1.12 bits per heavy atom. The third-order valence-corrected chi connectivity index (χ3v) is 2.56. The van der Waals surface area contributed by atoms with Crippen LogP contribution in [0.3, 0.4) is 0 Å². The summed E-state index contributed by atoms with van der Waals surface area (Å²) in [6.07, 6.45) is 1.24. The molecule has 0 unspecified atom stereocenters. The summed E-state index contributed by atoms with van der Waals surface area (Å²) in [6, 6.07) is 8.58. The van der Waals surface area contributed by atoms with E-state index in [2.05, 4.69) is 43.4 Å². The van der Waals surface area contributed by atoms with Gasteiger partial charge in [0.15, 0.2) is 0 Å². The minimum Gasteiger partial charge on any atom is -0.380 e. The number of rotatable bonds is 7. The fourth-order valence-corrected chi connectivity index (χ4v) is 1.54. The fourth-order valence-electron chi connectivity index (χ4n) is 1.54. The molecule has 1 aromatic carbocycles. The molecule has 2 nitrogen and oxygen atoms in total. The molecule has 0 spiro atoms. The van der Waals surface area contributed by atoms with Gasteiger partial charge in [0.25, 0.3) is 0 Å². The molecule has 0 aliphatic heterocycles. The summed E-state index contributed by atoms with van der Waals surface area (Å²) in [7, 11) is 1.72. The summed E-state index contributed by atoms with van der Waals surface area (Å²) >= 11 is 0. The van der Waals surface area contributed by atoms with E-state index in [0.717, 1.165) is 19.0 Å². The Balaban J connectivity index is 2.26. The Morgan fingerprint density at radius 3 is 2.31 bits per heavy atom. The van der Waals surface area contributed by atoms with Gasteiger partial charge >= 0.3 is 0 Å². The van der Waals surface area contributed by atoms with Gasteiger partial charge in [-0.1, -0.05) is 38.1 Å². The summed E-state index contributed by atoms with van der Waals surface area (Å²) in [5.41, 5.74) is 2.57. The van der Waals surface area contributed by atoms with Gasteiger partial charge in [0.2, 0.25) is 0 Å². The molecule has 0 saturated heterocycles. The summed E-state index contributed by atoms with van der Waals surface area (Å²) in [4.78, 5) is 0. The number of ether oxygens (including phenoxy) is 1. The SMILES string of the molecule is COCc1ccc(CNCCC(C)C)cc1. The van der Waals surface area contributed by atoms with Crippen molar-refractivity contribution in [3.05, 3.63) is 35.4 Å². The van der Waals surface area contributed by atoms with Crippen molar-refractivity contribution in [3.8, 4) is 0 Å². The highest BCUT2D eigenvalue weighted by molar-refractivity contribution is 5.21. The van der Waals surface area contributed by atoms with Gasteiger partial charge < -0.3 is 10.1 Å². The summed E-state index contributed by atoms with van der Waals surface area (Å²) in [5.74, 6) is 0.775. The second kappa shape index (κ2) is 7.42. The maximum absolute atomic E-state index is 5.08. The number of hydrogen-bond donors (Lipinski definition) is 1. The molecular weight excluding hydrogens is 198 g/mol. The Morgan fingerprint density at radius 2 is 1.75 bits per heavy atom. The average Bonchev–Trinajstić information content (AvgIpc) is 2.27. The highest BCUT2D eigenvalue weighted by Crippen LogP contribution is 2.05. The highest BCUT2D eigenvalue weighted by Gasteiger charge is 1.96. The van der Waals surface area contributed by atoms with E-state index in [1.807, 2.05) is 0 Å². The first-order valence-electron chi connectivity index (χ1n) is 6.00. The van der Waals surface area contributed by atoms with Gasteiger partial charge in [-0.05, 0) is 30.0 Å². The molecule has 0 radical (unpaired) electrons. The fraction of sp³-hybridized carbons (Fsp3) is 0.571. The number of hydrogen-bond acceptors (Lipinski definition) is 2. The Kier molecular flexibility index (Phi) is 6.12. The molecule has 0 aliphatic carbocycles. The van der Waals surface area contributed by atoms with E-state index in [0.29, 0.717) is 6.61 Å². The number of benzene rings is 1. The van der Waals surface area contributed by atoms with E-state index in [-0.39, 0.29) is 0 Å². The number of nitrogens with one attached hydrogen (secondary N) is 1. The summed E-state index contributed by atoms with van der Waals surface area (Å²) in [5, 5.41) is 3.45. The molecule has 0 saturated carbocycles. The van der Waals surface area contributed by atoms with Crippen LogP contribution in [0.4, 0.5) is 0 Å². The second-order valence-electron chi connectivity index (χ2n) is 4.61. The van der Waals surface area contributed by atoms with Gasteiger partial charge in [-0.2, -0.15) is 0 Å². The first kappa shape index (κ1) is 13.2. The molecule has 1 N–H and O–H groups in total. The van der Waals surface area contributed by atoms with E-state index in [1.54, 1.807) is 7.11 Å². The first-order chi connectivity index (χ1) is 7.72. The normalized spacial score (nSPS) is 11.0. The topological polar surface area (TPSA) is 21.3 Å². The lowest BCUT2D eigenvalue weighted by Crippen LogP contribution is -2.16. The van der Waals surface area contributed by atoms with Crippen LogP contribution in [0.2, 0.25) is 0 Å². The van der Waals surface area contributed by atoms with Crippen molar-refractivity contribution in [1.29, 1.82) is 0 Å². The predicted octanol–water partition coefficient (Wildman–Crippen LogP) is 2.97. The third kappa shape index (κ3) is 5.29. The highest BCUT2D eigenvalue weighted by atomic mass is 16.5. The van der Waals surface area contributed by atoms with Gasteiger partial charge in [0.1, 0.15) is 0 Å². The van der Waals surface area contributed by atoms with Crippen LogP contribution < -0.4 is 5.32 Å². The summed E-state index contributed by atoms with van der Waals surface area (Å²) in [6.45, 7) is 7.25. The van der Waals surface area contributed by atoms with E-state index in [1.165, 1.54) is 17.5 Å². The first-order valence-corrected chi connectivity index (χ1v) is 6.00. The van der Waals surface area contributed by atoms with Crippen LogP contribution >= 0.6 is 0 Å². The van der Waals surface area contributed by atoms with Crippen LogP contribution in [0.5, 0.6) is 0 Å². The zero-order valence-corrected chi connectivity index (χ0v) is 10.6. The lowest BCUT2D eigenvalue weighted by molar-refractivity contribution is 0.185. The molecule has 1 rings (SSSR count). The molecule has 2 heteroatoms. The van der Waals surface area contributed by atoms with Crippen molar-refractivity contribution in [3.63, 3.8) is 0 Å². The van der Waals surface area contributed by atoms with Gasteiger partial charge in [-0.25, -0.2) is 0 Å². The van der Waals surface area contributed by atoms with Crippen molar-refractivity contribution >= 4 is 0 Å². The molecule has 0 bridgehead atoms. The number of methoxy groups -OCH3 is 1. The van der Waals surface area contributed by atoms with Crippen molar-refractivity contribution < 1.29 is 4.74 Å². The minimum atomic E-state index is 0.695. The van der Waals surface area contributed by atoms with Gasteiger partial charge in [0.05, 0.1) is 6.61 Å². The lowest BCUT2D eigenvalue weighted by atomic mass is 10.1. The lowest BCUT2D eigenvalue weighted by Gasteiger charge is -2.07. The zero-order valence-electron chi connectivity index (χ0n) is 10.6. The van der Waals surface area contributed by atoms with E-state index in [4.69, 9.17) is 4.74 Å². The molecule has 0 aliphatic rings. The molecule has 0 amide bonds. The molecule has 0 aromatic heterocycles. The summed E-state index contributed by atoms with van der Waals surface area (Å²) < 4.78 is 5.08.